The second kappa shape index (κ2) is 13.3. The smallest absolute Gasteiger partial charge is 0.0302 e. The molecule has 0 nitrogen and oxygen atoms in total. The molecular weight excluding hydrogens is 288 g/mol. The van der Waals surface area contributed by atoms with Gasteiger partial charge in [0.15, 0.2) is 0 Å². The third kappa shape index (κ3) is 6.11. The van der Waals surface area contributed by atoms with Crippen LogP contribution in [0.3, 0.4) is 0 Å². The normalized spacial score (nSPS) is 15.3. The molecule has 0 amide bonds. The van der Waals surface area contributed by atoms with Crippen LogP contribution in [-0.4, -0.2) is 0 Å². The SMILES string of the molecule is CC/C=C(CC)/C(CC)=C(CC)\C(CC)=C(CC)/C(=C/CC)CC. The van der Waals surface area contributed by atoms with Crippen LogP contribution < -0.4 is 0 Å². The Hall–Kier alpha value is -1.04. The van der Waals surface area contributed by atoms with Gasteiger partial charge in [-0.2, -0.15) is 0 Å². The molecule has 0 heteroatoms. The van der Waals surface area contributed by atoms with Crippen LogP contribution in [0.15, 0.2) is 45.6 Å². The summed E-state index contributed by atoms with van der Waals surface area (Å²) in [6, 6.07) is 0. The Morgan fingerprint density at radius 3 is 0.875 bits per heavy atom. The molecule has 138 valence electrons. The maximum atomic E-state index is 2.44. The zero-order chi connectivity index (χ0) is 18.5. The Morgan fingerprint density at radius 2 is 0.708 bits per heavy atom. The molecule has 0 saturated heterocycles. The monoisotopic (exact) mass is 330 g/mol. The lowest BCUT2D eigenvalue weighted by atomic mass is 9.83. The number of allylic oxidation sites excluding steroid dienone is 8. The van der Waals surface area contributed by atoms with Crippen LogP contribution >= 0.6 is 0 Å². The second-order valence-corrected chi connectivity index (χ2v) is 6.31. The summed E-state index contributed by atoms with van der Waals surface area (Å²) in [5.41, 5.74) is 9.59. The van der Waals surface area contributed by atoms with Crippen molar-refractivity contribution in [3.8, 4) is 0 Å². The molecule has 0 fully saturated rings. The fourth-order valence-electron chi connectivity index (χ4n) is 3.94. The fraction of sp³-hybridized carbons (Fsp3) is 0.667. The maximum Gasteiger partial charge on any atom is -0.0302 e. The van der Waals surface area contributed by atoms with Crippen molar-refractivity contribution in [2.75, 3.05) is 0 Å². The largest absolute Gasteiger partial charge is 0.0813 e. The van der Waals surface area contributed by atoms with Crippen LogP contribution in [0.2, 0.25) is 0 Å². The summed E-state index contributed by atoms with van der Waals surface area (Å²) in [6.07, 6.45) is 14.0. The summed E-state index contributed by atoms with van der Waals surface area (Å²) in [5.74, 6) is 0. The molecule has 0 saturated carbocycles. The highest BCUT2D eigenvalue weighted by molar-refractivity contribution is 5.50. The van der Waals surface area contributed by atoms with Crippen LogP contribution in [0, 0.1) is 0 Å². The van der Waals surface area contributed by atoms with Gasteiger partial charge in [-0.15, -0.1) is 0 Å². The Morgan fingerprint density at radius 1 is 0.417 bits per heavy atom. The third-order valence-corrected chi connectivity index (χ3v) is 4.95. The second-order valence-electron chi connectivity index (χ2n) is 6.31. The van der Waals surface area contributed by atoms with Gasteiger partial charge in [0.1, 0.15) is 0 Å². The molecule has 0 rings (SSSR count). The summed E-state index contributed by atoms with van der Waals surface area (Å²) < 4.78 is 0. The average Bonchev–Trinajstić information content (AvgIpc) is 2.61. The summed E-state index contributed by atoms with van der Waals surface area (Å²) in [7, 11) is 0. The van der Waals surface area contributed by atoms with Gasteiger partial charge in [-0.3, -0.25) is 0 Å². The maximum absolute atomic E-state index is 2.44. The standard InChI is InChI=1S/C24H42/c1-9-17-19(11-3)21(13-5)23(15-7)24(16-8)22(14-6)20(12-4)18-10-2/h17-18H,9-16H2,1-8H3/b19-17+,20-18+,23-21-,24-22-. The summed E-state index contributed by atoms with van der Waals surface area (Å²) in [4.78, 5) is 0. The Bertz CT molecular complexity index is 434. The van der Waals surface area contributed by atoms with Gasteiger partial charge in [-0.1, -0.05) is 67.5 Å². The van der Waals surface area contributed by atoms with E-state index in [0.717, 1.165) is 51.4 Å². The lowest BCUT2D eigenvalue weighted by molar-refractivity contribution is 0.896. The van der Waals surface area contributed by atoms with Gasteiger partial charge in [0.25, 0.3) is 0 Å². The van der Waals surface area contributed by atoms with Crippen molar-refractivity contribution in [2.24, 2.45) is 0 Å². The Balaban J connectivity index is 6.56. The van der Waals surface area contributed by atoms with E-state index in [1.165, 1.54) is 0 Å². The van der Waals surface area contributed by atoms with Crippen LogP contribution in [0.25, 0.3) is 0 Å². The molecule has 0 bridgehead atoms. The van der Waals surface area contributed by atoms with Crippen LogP contribution in [0.1, 0.15) is 107 Å². The molecule has 0 spiro atoms. The van der Waals surface area contributed by atoms with E-state index in [4.69, 9.17) is 0 Å². The lowest BCUT2D eigenvalue weighted by Gasteiger charge is -2.22. The van der Waals surface area contributed by atoms with Crippen molar-refractivity contribution in [3.63, 3.8) is 0 Å². The zero-order valence-electron chi connectivity index (χ0n) is 17.8. The zero-order valence-corrected chi connectivity index (χ0v) is 17.8. The Kier molecular flexibility index (Phi) is 12.7. The Labute approximate surface area is 152 Å². The van der Waals surface area contributed by atoms with E-state index in [1.54, 1.807) is 33.4 Å². The first-order chi connectivity index (χ1) is 11.6. The van der Waals surface area contributed by atoms with Gasteiger partial charge in [0.05, 0.1) is 0 Å². The van der Waals surface area contributed by atoms with E-state index in [0.29, 0.717) is 0 Å². The van der Waals surface area contributed by atoms with Crippen LogP contribution in [-0.2, 0) is 0 Å². The number of hydrogen-bond acceptors (Lipinski definition) is 0. The lowest BCUT2D eigenvalue weighted by Crippen LogP contribution is -2.03. The molecule has 0 heterocycles. The number of hydrogen-bond donors (Lipinski definition) is 0. The van der Waals surface area contributed by atoms with E-state index >= 15 is 0 Å². The third-order valence-electron chi connectivity index (χ3n) is 4.95. The first kappa shape index (κ1) is 23.0. The minimum Gasteiger partial charge on any atom is -0.0813 e. The van der Waals surface area contributed by atoms with Gasteiger partial charge in [0, 0.05) is 0 Å². The highest BCUT2D eigenvalue weighted by Gasteiger charge is 2.15. The van der Waals surface area contributed by atoms with Crippen molar-refractivity contribution < 1.29 is 0 Å². The number of rotatable bonds is 11. The minimum atomic E-state index is 1.13. The molecule has 0 aromatic heterocycles. The summed E-state index contributed by atoms with van der Waals surface area (Å²) >= 11 is 0. The highest BCUT2D eigenvalue weighted by atomic mass is 14.2. The summed E-state index contributed by atoms with van der Waals surface area (Å²) in [6.45, 7) is 18.4. The van der Waals surface area contributed by atoms with Crippen LogP contribution in [0.4, 0.5) is 0 Å². The molecule has 0 atom stereocenters. The van der Waals surface area contributed by atoms with Gasteiger partial charge >= 0.3 is 0 Å². The van der Waals surface area contributed by atoms with Gasteiger partial charge in [-0.05, 0) is 84.8 Å². The average molecular weight is 331 g/mol. The van der Waals surface area contributed by atoms with Crippen molar-refractivity contribution in [1.82, 2.24) is 0 Å². The first-order valence-corrected chi connectivity index (χ1v) is 10.4. The molecule has 0 aliphatic heterocycles. The molecule has 0 N–H and O–H groups in total. The van der Waals surface area contributed by atoms with E-state index in [2.05, 4.69) is 67.5 Å². The molecular formula is C24H42. The topological polar surface area (TPSA) is 0 Å². The van der Waals surface area contributed by atoms with Gasteiger partial charge < -0.3 is 0 Å². The minimum absolute atomic E-state index is 1.13. The first-order valence-electron chi connectivity index (χ1n) is 10.4. The van der Waals surface area contributed by atoms with E-state index in [9.17, 15) is 0 Å². The van der Waals surface area contributed by atoms with E-state index in [1.807, 2.05) is 0 Å². The van der Waals surface area contributed by atoms with E-state index < -0.39 is 0 Å². The molecule has 0 unspecified atom stereocenters. The molecule has 24 heavy (non-hydrogen) atoms. The van der Waals surface area contributed by atoms with Crippen molar-refractivity contribution in [2.45, 2.75) is 107 Å². The fourth-order valence-corrected chi connectivity index (χ4v) is 3.94. The van der Waals surface area contributed by atoms with Crippen molar-refractivity contribution in [3.05, 3.63) is 45.6 Å². The van der Waals surface area contributed by atoms with Gasteiger partial charge in [-0.25, -0.2) is 0 Å². The van der Waals surface area contributed by atoms with Crippen molar-refractivity contribution in [1.29, 1.82) is 0 Å². The highest BCUT2D eigenvalue weighted by Crippen LogP contribution is 2.35. The van der Waals surface area contributed by atoms with E-state index in [-0.39, 0.29) is 0 Å². The predicted molar refractivity (Wildman–Crippen MR) is 113 cm³/mol. The molecule has 0 aliphatic rings. The quantitative estimate of drug-likeness (QED) is 0.332. The van der Waals surface area contributed by atoms with Gasteiger partial charge in [0.2, 0.25) is 0 Å². The van der Waals surface area contributed by atoms with Crippen molar-refractivity contribution >= 4 is 0 Å². The van der Waals surface area contributed by atoms with Crippen LogP contribution in [0.5, 0.6) is 0 Å². The molecule has 0 aliphatic carbocycles. The predicted octanol–water partition coefficient (Wildman–Crippen LogP) is 8.71. The molecule has 0 aromatic rings. The summed E-state index contributed by atoms with van der Waals surface area (Å²) in [5, 5.41) is 0. The molecule has 0 aromatic carbocycles. The molecule has 0 radical (unpaired) electrons.